The Balaban J connectivity index is 1.88. The molecule has 2 aliphatic rings. The van der Waals surface area contributed by atoms with Gasteiger partial charge in [-0.25, -0.2) is 0 Å². The van der Waals surface area contributed by atoms with Gasteiger partial charge in [0.1, 0.15) is 74.8 Å². The molecular weight excluding hydrogens is 821 g/mol. The second kappa shape index (κ2) is 33.5. The monoisotopic (exact) mass is 907 g/mol. The topological polar surface area (TPSA) is 237 Å². The predicted molar refractivity (Wildman–Crippen MR) is 234 cm³/mol. The first kappa shape index (κ1) is 57.1. The summed E-state index contributed by atoms with van der Waals surface area (Å²) in [5.74, 6) is -0.0967. The van der Waals surface area contributed by atoms with Gasteiger partial charge in [-0.1, -0.05) is 143 Å². The van der Waals surface area contributed by atoms with E-state index in [-0.39, 0.29) is 19.4 Å². The van der Waals surface area contributed by atoms with Crippen molar-refractivity contribution in [2.45, 2.75) is 243 Å². The molecule has 2 aliphatic heterocycles. The van der Waals surface area contributed by atoms with Gasteiger partial charge in [-0.3, -0.25) is 14.4 Å². The van der Waals surface area contributed by atoms with Crippen LogP contribution >= 0.6 is 0 Å². The number of carbonyl (C=O) groups is 3. The van der Waals surface area contributed by atoms with Gasteiger partial charge in [0.05, 0.1) is 6.61 Å². The van der Waals surface area contributed by atoms with E-state index < -0.39 is 105 Å². The highest BCUT2D eigenvalue weighted by molar-refractivity contribution is 5.69. The van der Waals surface area contributed by atoms with Crippen molar-refractivity contribution in [1.82, 2.24) is 0 Å². The van der Waals surface area contributed by atoms with Crippen LogP contribution < -0.4 is 0 Å². The van der Waals surface area contributed by atoms with Crippen LogP contribution in [0.15, 0.2) is 0 Å². The third kappa shape index (κ3) is 23.9. The minimum atomic E-state index is -1.87. The van der Waals surface area contributed by atoms with Crippen LogP contribution in [0, 0.1) is 11.8 Å². The largest absolute Gasteiger partial charge is 0.463 e. The fourth-order valence-corrected chi connectivity index (χ4v) is 7.68. The number of aliphatic hydroxyl groups excluding tert-OH is 6. The average molecular weight is 907 g/mol. The Morgan fingerprint density at radius 1 is 0.524 bits per heavy atom. The Morgan fingerprint density at radius 2 is 0.968 bits per heavy atom. The van der Waals surface area contributed by atoms with E-state index in [1.807, 2.05) is 0 Å². The zero-order chi connectivity index (χ0) is 46.6. The van der Waals surface area contributed by atoms with Gasteiger partial charge in [-0.2, -0.15) is 0 Å². The molecule has 0 spiro atoms. The molecule has 0 radical (unpaired) electrons. The van der Waals surface area contributed by atoms with Crippen molar-refractivity contribution in [1.29, 1.82) is 0 Å². The normalized spacial score (nSPS) is 27.7. The Labute approximate surface area is 377 Å². The molecule has 0 bridgehead atoms. The molecule has 0 amide bonds. The highest BCUT2D eigenvalue weighted by atomic mass is 16.7. The molecule has 16 heteroatoms. The highest BCUT2D eigenvalue weighted by Crippen LogP contribution is 2.30. The van der Waals surface area contributed by atoms with Crippen molar-refractivity contribution in [3.63, 3.8) is 0 Å². The minimum Gasteiger partial charge on any atom is -0.463 e. The molecule has 0 aromatic carbocycles. The van der Waals surface area contributed by atoms with Crippen molar-refractivity contribution in [3.05, 3.63) is 0 Å². The van der Waals surface area contributed by atoms with Crippen LogP contribution in [0.25, 0.3) is 0 Å². The van der Waals surface area contributed by atoms with Gasteiger partial charge in [0, 0.05) is 19.8 Å². The smallest absolute Gasteiger partial charge is 0.305 e. The number of aliphatic hydroxyl groups is 6. The molecule has 2 fully saturated rings. The third-order valence-electron chi connectivity index (χ3n) is 12.4. The zero-order valence-electron chi connectivity index (χ0n) is 39.2. The van der Waals surface area contributed by atoms with E-state index in [0.29, 0.717) is 12.8 Å². The van der Waals surface area contributed by atoms with Gasteiger partial charge in [0.2, 0.25) is 0 Å². The van der Waals surface area contributed by atoms with Crippen molar-refractivity contribution in [3.8, 4) is 0 Å². The van der Waals surface area contributed by atoms with Crippen molar-refractivity contribution in [2.24, 2.45) is 11.8 Å². The molecule has 6 N–H and O–H groups in total. The molecule has 370 valence electrons. The molecule has 63 heavy (non-hydrogen) atoms. The molecule has 0 aromatic rings. The molecule has 16 nitrogen and oxygen atoms in total. The molecule has 13 atom stereocenters. The Morgan fingerprint density at radius 3 is 1.48 bits per heavy atom. The van der Waals surface area contributed by atoms with Crippen LogP contribution in [0.2, 0.25) is 0 Å². The van der Waals surface area contributed by atoms with Gasteiger partial charge in [-0.05, 0) is 24.7 Å². The Bertz CT molecular complexity index is 1210. The summed E-state index contributed by atoms with van der Waals surface area (Å²) in [6.45, 7) is 8.35. The first-order valence-corrected chi connectivity index (χ1v) is 24.3. The Kier molecular flexibility index (Phi) is 30.4. The molecule has 2 rings (SSSR count). The highest BCUT2D eigenvalue weighted by Gasteiger charge is 2.51. The number of hydrogen-bond acceptors (Lipinski definition) is 16. The molecule has 0 saturated carbocycles. The van der Waals surface area contributed by atoms with E-state index in [9.17, 15) is 45.0 Å². The molecule has 2 heterocycles. The van der Waals surface area contributed by atoms with Gasteiger partial charge in [0.15, 0.2) is 12.6 Å². The molecular formula is C47H86O16. The lowest BCUT2D eigenvalue weighted by Gasteiger charge is -2.46. The fourth-order valence-electron chi connectivity index (χ4n) is 7.68. The fraction of sp³-hybridized carbons (Fsp3) is 0.936. The summed E-state index contributed by atoms with van der Waals surface area (Å²) in [4.78, 5) is 36.5. The number of ether oxygens (including phenoxy) is 7. The van der Waals surface area contributed by atoms with E-state index in [1.165, 1.54) is 70.6 Å². The summed E-state index contributed by atoms with van der Waals surface area (Å²) in [5.41, 5.74) is 0. The number of unbranched alkanes of at least 4 members (excludes halogenated alkanes) is 14. The summed E-state index contributed by atoms with van der Waals surface area (Å²) in [6, 6.07) is 0. The van der Waals surface area contributed by atoms with Crippen molar-refractivity contribution < 1.29 is 78.2 Å². The minimum absolute atomic E-state index is 0.149. The van der Waals surface area contributed by atoms with Crippen molar-refractivity contribution in [2.75, 3.05) is 26.4 Å². The number of rotatable bonds is 35. The SMILES string of the molecule is CCC(C)CCCCCCCCCCC(=O)OCC(O)CO[C@H]1O[C@H](COC(=O)CCCCCCCCCCC(C)CC)[C@@H](O)[C@H](O[C@H]2O[C@H](COC(C)=O)[C@@H](O)[C@H](O)[C@H]2O)[C@@H]1O. The van der Waals surface area contributed by atoms with Crippen LogP contribution in [-0.2, 0) is 47.5 Å². The second-order valence-corrected chi connectivity index (χ2v) is 18.1. The van der Waals surface area contributed by atoms with Crippen LogP contribution in [0.1, 0.15) is 176 Å². The number of carbonyl (C=O) groups excluding carboxylic acids is 3. The lowest BCUT2D eigenvalue weighted by molar-refractivity contribution is -0.361. The van der Waals surface area contributed by atoms with Crippen LogP contribution in [-0.4, -0.2) is 142 Å². The van der Waals surface area contributed by atoms with Gasteiger partial charge < -0.3 is 63.8 Å². The summed E-state index contributed by atoms with van der Waals surface area (Å²) >= 11 is 0. The summed E-state index contributed by atoms with van der Waals surface area (Å²) in [6.07, 6.45) is 4.73. The van der Waals surface area contributed by atoms with Gasteiger partial charge in [0.25, 0.3) is 0 Å². The summed E-state index contributed by atoms with van der Waals surface area (Å²) in [7, 11) is 0. The lowest BCUT2D eigenvalue weighted by atomic mass is 9.97. The van der Waals surface area contributed by atoms with E-state index in [0.717, 1.165) is 63.7 Å². The van der Waals surface area contributed by atoms with Crippen LogP contribution in [0.4, 0.5) is 0 Å². The maximum Gasteiger partial charge on any atom is 0.305 e. The second-order valence-electron chi connectivity index (χ2n) is 18.1. The van der Waals surface area contributed by atoms with Gasteiger partial charge in [-0.15, -0.1) is 0 Å². The van der Waals surface area contributed by atoms with Gasteiger partial charge >= 0.3 is 17.9 Å². The van der Waals surface area contributed by atoms with E-state index in [2.05, 4.69) is 27.7 Å². The zero-order valence-corrected chi connectivity index (χ0v) is 39.2. The van der Waals surface area contributed by atoms with E-state index in [1.54, 1.807) is 0 Å². The summed E-state index contributed by atoms with van der Waals surface area (Å²) < 4.78 is 38.5. The average Bonchev–Trinajstić information content (AvgIpc) is 3.26. The molecule has 0 aliphatic carbocycles. The third-order valence-corrected chi connectivity index (χ3v) is 12.4. The molecule has 0 aromatic heterocycles. The van der Waals surface area contributed by atoms with Crippen LogP contribution in [0.5, 0.6) is 0 Å². The number of esters is 3. The first-order valence-electron chi connectivity index (χ1n) is 24.3. The Hall–Kier alpha value is -1.99. The van der Waals surface area contributed by atoms with E-state index >= 15 is 0 Å². The maximum atomic E-state index is 12.7. The number of hydrogen-bond donors (Lipinski definition) is 6. The molecule has 2 saturated heterocycles. The maximum absolute atomic E-state index is 12.7. The summed E-state index contributed by atoms with van der Waals surface area (Å²) in [5, 5.41) is 64.9. The predicted octanol–water partition coefficient (Wildman–Crippen LogP) is 5.55. The standard InChI is InChI=1S/C47H86O16/c1-6-32(3)24-20-16-12-8-10-14-18-22-26-38(50)58-28-35(49)29-60-46-44(56)45(63-47-43(55)42(54)40(52)36(62-47)30-57-34(5)48)41(53)37(61-46)31-59-39(51)27-23-19-15-11-9-13-17-21-25-33(4)7-2/h32-33,35-37,40-47,49,52-56H,6-31H2,1-5H3/t32?,33?,35?,36-,37-,40-,41-,42+,43-,44+,45+,46+,47-/m1/s1. The van der Waals surface area contributed by atoms with E-state index in [4.69, 9.17) is 33.2 Å². The first-order chi connectivity index (χ1) is 30.2. The van der Waals surface area contributed by atoms with Crippen molar-refractivity contribution >= 4 is 17.9 Å². The molecule has 3 unspecified atom stereocenters. The lowest BCUT2D eigenvalue weighted by Crippen LogP contribution is -2.65. The quantitative estimate of drug-likeness (QED) is 0.0260. The van der Waals surface area contributed by atoms with Crippen LogP contribution in [0.3, 0.4) is 0 Å².